The highest BCUT2D eigenvalue weighted by Gasteiger charge is 2.08. The van der Waals surface area contributed by atoms with Gasteiger partial charge in [0.05, 0.1) is 0 Å². The van der Waals surface area contributed by atoms with Crippen molar-refractivity contribution in [2.75, 3.05) is 0 Å². The van der Waals surface area contributed by atoms with E-state index in [-0.39, 0.29) is 5.78 Å². The van der Waals surface area contributed by atoms with Gasteiger partial charge in [0.1, 0.15) is 5.78 Å². The van der Waals surface area contributed by atoms with E-state index in [1.807, 2.05) is 30.3 Å². The zero-order chi connectivity index (χ0) is 14.7. The van der Waals surface area contributed by atoms with Crippen molar-refractivity contribution in [2.45, 2.75) is 19.8 Å². The second-order valence-electron chi connectivity index (χ2n) is 5.52. The first-order valence-electron chi connectivity index (χ1n) is 7.26. The van der Waals surface area contributed by atoms with Crippen LogP contribution in [0, 0.1) is 6.92 Å². The molecule has 0 aromatic heterocycles. The fourth-order valence-corrected chi connectivity index (χ4v) is 2.66. The van der Waals surface area contributed by atoms with Crippen molar-refractivity contribution >= 4 is 16.6 Å². The van der Waals surface area contributed by atoms with Gasteiger partial charge in [0.2, 0.25) is 0 Å². The zero-order valence-electron chi connectivity index (χ0n) is 12.2. The molecule has 0 atom stereocenters. The van der Waals surface area contributed by atoms with Crippen molar-refractivity contribution in [1.29, 1.82) is 0 Å². The van der Waals surface area contributed by atoms with Crippen LogP contribution in [0.2, 0.25) is 0 Å². The largest absolute Gasteiger partial charge is 0.299 e. The molecule has 0 aliphatic heterocycles. The van der Waals surface area contributed by atoms with E-state index in [4.69, 9.17) is 0 Å². The van der Waals surface area contributed by atoms with Crippen molar-refractivity contribution in [1.82, 2.24) is 0 Å². The molecule has 0 aliphatic rings. The number of hydrogen-bond acceptors (Lipinski definition) is 1. The summed E-state index contributed by atoms with van der Waals surface area (Å²) in [6, 6.07) is 22.6. The first kappa shape index (κ1) is 13.6. The van der Waals surface area contributed by atoms with Crippen molar-refractivity contribution in [2.24, 2.45) is 0 Å². The normalized spacial score (nSPS) is 10.7. The molecule has 0 saturated heterocycles. The van der Waals surface area contributed by atoms with Gasteiger partial charge in [-0.3, -0.25) is 4.79 Å². The molecule has 3 aromatic rings. The van der Waals surface area contributed by atoms with Gasteiger partial charge in [0, 0.05) is 12.8 Å². The summed E-state index contributed by atoms with van der Waals surface area (Å²) in [6.45, 7) is 2.06. The average Bonchev–Trinajstić information content (AvgIpc) is 2.50. The molecule has 1 heteroatoms. The van der Waals surface area contributed by atoms with E-state index < -0.39 is 0 Å². The van der Waals surface area contributed by atoms with Crippen molar-refractivity contribution < 1.29 is 4.79 Å². The van der Waals surface area contributed by atoms with Gasteiger partial charge in [-0.2, -0.15) is 0 Å². The van der Waals surface area contributed by atoms with Gasteiger partial charge in [0.25, 0.3) is 0 Å². The van der Waals surface area contributed by atoms with E-state index in [2.05, 4.69) is 43.3 Å². The van der Waals surface area contributed by atoms with Gasteiger partial charge in [-0.15, -0.1) is 0 Å². The minimum Gasteiger partial charge on any atom is -0.299 e. The zero-order valence-corrected chi connectivity index (χ0v) is 12.2. The van der Waals surface area contributed by atoms with Gasteiger partial charge >= 0.3 is 0 Å². The standard InChI is InChI=1S/C20H18O/c1-15-9-11-16(12-10-15)13-19(21)14-18-7-4-6-17-5-2-3-8-20(17)18/h2-12H,13-14H2,1H3. The molecule has 1 nitrogen and oxygen atoms in total. The molecule has 21 heavy (non-hydrogen) atoms. The molecule has 0 unspecified atom stereocenters. The lowest BCUT2D eigenvalue weighted by molar-refractivity contribution is -0.117. The van der Waals surface area contributed by atoms with Crippen LogP contribution in [-0.2, 0) is 17.6 Å². The van der Waals surface area contributed by atoms with Gasteiger partial charge in [-0.25, -0.2) is 0 Å². The number of carbonyl (C=O) groups is 1. The quantitative estimate of drug-likeness (QED) is 0.684. The van der Waals surface area contributed by atoms with Gasteiger partial charge in [0.15, 0.2) is 0 Å². The number of aryl methyl sites for hydroxylation is 1. The molecule has 0 spiro atoms. The topological polar surface area (TPSA) is 17.1 Å². The smallest absolute Gasteiger partial charge is 0.141 e. The van der Waals surface area contributed by atoms with Gasteiger partial charge in [-0.1, -0.05) is 72.3 Å². The Morgan fingerprint density at radius 2 is 1.52 bits per heavy atom. The Bertz CT molecular complexity index is 764. The number of ketones is 1. The van der Waals surface area contributed by atoms with Crippen LogP contribution >= 0.6 is 0 Å². The third-order valence-corrected chi connectivity index (χ3v) is 3.79. The summed E-state index contributed by atoms with van der Waals surface area (Å²) in [5, 5.41) is 2.37. The number of fused-ring (bicyclic) bond motifs is 1. The molecule has 0 heterocycles. The van der Waals surface area contributed by atoms with Crippen LogP contribution in [0.1, 0.15) is 16.7 Å². The molecule has 0 saturated carbocycles. The number of benzene rings is 3. The van der Waals surface area contributed by atoms with E-state index >= 15 is 0 Å². The van der Waals surface area contributed by atoms with Crippen molar-refractivity contribution in [3.05, 3.63) is 83.4 Å². The Morgan fingerprint density at radius 3 is 2.33 bits per heavy atom. The summed E-state index contributed by atoms with van der Waals surface area (Å²) in [4.78, 5) is 12.3. The Hall–Kier alpha value is -2.41. The molecule has 0 aliphatic carbocycles. The molecule has 0 radical (unpaired) electrons. The maximum Gasteiger partial charge on any atom is 0.141 e. The van der Waals surface area contributed by atoms with Crippen LogP contribution in [-0.4, -0.2) is 5.78 Å². The summed E-state index contributed by atoms with van der Waals surface area (Å²) in [7, 11) is 0. The Labute approximate surface area is 125 Å². The lowest BCUT2D eigenvalue weighted by Gasteiger charge is -2.06. The molecule has 3 rings (SSSR count). The van der Waals surface area contributed by atoms with E-state index in [0.29, 0.717) is 12.8 Å². The van der Waals surface area contributed by atoms with E-state index in [1.165, 1.54) is 16.3 Å². The molecule has 0 N–H and O–H groups in total. The summed E-state index contributed by atoms with van der Waals surface area (Å²) < 4.78 is 0. The molecular weight excluding hydrogens is 256 g/mol. The summed E-state index contributed by atoms with van der Waals surface area (Å²) in [6.07, 6.45) is 0.999. The minimum atomic E-state index is 0.259. The fraction of sp³-hybridized carbons (Fsp3) is 0.150. The SMILES string of the molecule is Cc1ccc(CC(=O)Cc2cccc3ccccc23)cc1. The molecule has 0 bridgehead atoms. The third kappa shape index (κ3) is 3.19. The van der Waals surface area contributed by atoms with Crippen LogP contribution in [0.5, 0.6) is 0 Å². The molecule has 0 fully saturated rings. The first-order valence-corrected chi connectivity index (χ1v) is 7.26. The molecule has 3 aromatic carbocycles. The Balaban J connectivity index is 1.79. The van der Waals surface area contributed by atoms with Crippen LogP contribution in [0.3, 0.4) is 0 Å². The molecular formula is C20H18O. The van der Waals surface area contributed by atoms with Crippen molar-refractivity contribution in [3.8, 4) is 0 Å². The van der Waals surface area contributed by atoms with Crippen LogP contribution in [0.4, 0.5) is 0 Å². The van der Waals surface area contributed by atoms with Gasteiger partial charge in [-0.05, 0) is 28.8 Å². The van der Waals surface area contributed by atoms with Crippen LogP contribution in [0.15, 0.2) is 66.7 Å². The summed E-state index contributed by atoms with van der Waals surface area (Å²) in [5.74, 6) is 0.259. The lowest BCUT2D eigenvalue weighted by atomic mass is 9.97. The highest BCUT2D eigenvalue weighted by molar-refractivity contribution is 5.91. The maximum absolute atomic E-state index is 12.3. The monoisotopic (exact) mass is 274 g/mol. The highest BCUT2D eigenvalue weighted by Crippen LogP contribution is 2.19. The first-order chi connectivity index (χ1) is 10.2. The number of rotatable bonds is 4. The second kappa shape index (κ2) is 5.92. The average molecular weight is 274 g/mol. The minimum absolute atomic E-state index is 0.259. The van der Waals surface area contributed by atoms with E-state index in [9.17, 15) is 4.79 Å². The Kier molecular flexibility index (Phi) is 3.83. The van der Waals surface area contributed by atoms with Crippen molar-refractivity contribution in [3.63, 3.8) is 0 Å². The van der Waals surface area contributed by atoms with E-state index in [0.717, 1.165) is 11.1 Å². The number of hydrogen-bond donors (Lipinski definition) is 0. The number of carbonyl (C=O) groups excluding carboxylic acids is 1. The second-order valence-corrected chi connectivity index (χ2v) is 5.52. The molecule has 104 valence electrons. The molecule has 0 amide bonds. The number of Topliss-reactive ketones (excluding diaryl/α,β-unsaturated/α-hetero) is 1. The highest BCUT2D eigenvalue weighted by atomic mass is 16.1. The van der Waals surface area contributed by atoms with Crippen LogP contribution in [0.25, 0.3) is 10.8 Å². The lowest BCUT2D eigenvalue weighted by Crippen LogP contribution is -2.06. The van der Waals surface area contributed by atoms with Crippen LogP contribution < -0.4 is 0 Å². The Morgan fingerprint density at radius 1 is 0.810 bits per heavy atom. The summed E-state index contributed by atoms with van der Waals surface area (Å²) in [5.41, 5.74) is 3.43. The van der Waals surface area contributed by atoms with Gasteiger partial charge < -0.3 is 0 Å². The van der Waals surface area contributed by atoms with E-state index in [1.54, 1.807) is 0 Å². The predicted molar refractivity (Wildman–Crippen MR) is 87.5 cm³/mol. The third-order valence-electron chi connectivity index (χ3n) is 3.79. The maximum atomic E-state index is 12.3. The summed E-state index contributed by atoms with van der Waals surface area (Å²) >= 11 is 0. The fourth-order valence-electron chi connectivity index (χ4n) is 2.66. The predicted octanol–water partition coefficient (Wildman–Crippen LogP) is 4.50.